The number of nitrogens with one attached hydrogen (secondary N) is 1. The van der Waals surface area contributed by atoms with Crippen LogP contribution in [-0.2, 0) is 20.0 Å². The highest BCUT2D eigenvalue weighted by atomic mass is 15.0. The summed E-state index contributed by atoms with van der Waals surface area (Å²) in [4.78, 5) is 0. The normalized spacial score (nSPS) is 18.0. The molecule has 0 radical (unpaired) electrons. The highest BCUT2D eigenvalue weighted by Gasteiger charge is 2.28. The molecular weight excluding hydrogens is 232 g/mol. The lowest BCUT2D eigenvalue weighted by molar-refractivity contribution is 0.356. The predicted octanol–water partition coefficient (Wildman–Crippen LogP) is 3.73. The second-order valence-electron chi connectivity index (χ2n) is 6.83. The topological polar surface area (TPSA) is 17.0 Å². The molecule has 0 unspecified atom stereocenters. The van der Waals surface area contributed by atoms with Crippen LogP contribution in [0.3, 0.4) is 0 Å². The maximum atomic E-state index is 3.66. The smallest absolute Gasteiger partial charge is 0.0483 e. The van der Waals surface area contributed by atoms with Crippen LogP contribution in [0.25, 0.3) is 10.9 Å². The summed E-state index contributed by atoms with van der Waals surface area (Å²) in [6.07, 6.45) is 1.10. The summed E-state index contributed by atoms with van der Waals surface area (Å²) >= 11 is 0. The Kier molecular flexibility index (Phi) is 2.75. The number of nitrogens with zero attached hydrogens (tertiary/aromatic N) is 1. The van der Waals surface area contributed by atoms with Gasteiger partial charge in [0.15, 0.2) is 0 Å². The predicted molar refractivity (Wildman–Crippen MR) is 81.6 cm³/mol. The van der Waals surface area contributed by atoms with E-state index in [-0.39, 0.29) is 5.54 Å². The molecule has 3 rings (SSSR count). The Morgan fingerprint density at radius 1 is 1.26 bits per heavy atom. The Labute approximate surface area is 115 Å². The number of fused-ring (bicyclic) bond motifs is 3. The number of aromatic nitrogens is 1. The first kappa shape index (κ1) is 12.7. The molecule has 1 aromatic heterocycles. The first-order chi connectivity index (χ1) is 8.89. The van der Waals surface area contributed by atoms with Crippen LogP contribution in [0.15, 0.2) is 18.2 Å². The zero-order valence-corrected chi connectivity index (χ0v) is 12.7. The van der Waals surface area contributed by atoms with Crippen LogP contribution in [0.1, 0.15) is 50.4 Å². The van der Waals surface area contributed by atoms with Gasteiger partial charge in [0.2, 0.25) is 0 Å². The molecule has 0 spiro atoms. The molecule has 0 bridgehead atoms. The van der Waals surface area contributed by atoms with E-state index in [0.717, 1.165) is 13.0 Å². The fraction of sp³-hybridized carbons (Fsp3) is 0.529. The van der Waals surface area contributed by atoms with Crippen molar-refractivity contribution < 1.29 is 0 Å². The summed E-state index contributed by atoms with van der Waals surface area (Å²) in [5.74, 6) is 0.591. The van der Waals surface area contributed by atoms with Gasteiger partial charge in [0.05, 0.1) is 0 Å². The van der Waals surface area contributed by atoms with Crippen LogP contribution in [0.5, 0.6) is 0 Å². The Morgan fingerprint density at radius 3 is 2.68 bits per heavy atom. The van der Waals surface area contributed by atoms with E-state index in [9.17, 15) is 0 Å². The van der Waals surface area contributed by atoms with Crippen LogP contribution < -0.4 is 5.32 Å². The third-order valence-corrected chi connectivity index (χ3v) is 4.48. The molecule has 2 heterocycles. The highest BCUT2D eigenvalue weighted by Crippen LogP contribution is 2.33. The SMILES string of the molecule is CC(C)c1ccc2c(c1)c1c(n2C)CC(C)(C)NC1. The molecule has 1 aliphatic heterocycles. The molecule has 0 saturated carbocycles. The van der Waals surface area contributed by atoms with Crippen LogP contribution >= 0.6 is 0 Å². The average Bonchev–Trinajstić information content (AvgIpc) is 2.61. The molecule has 0 fully saturated rings. The van der Waals surface area contributed by atoms with Crippen molar-refractivity contribution in [2.24, 2.45) is 7.05 Å². The fourth-order valence-corrected chi connectivity index (χ4v) is 3.18. The average molecular weight is 256 g/mol. The molecule has 0 atom stereocenters. The van der Waals surface area contributed by atoms with Gasteiger partial charge in [-0.05, 0) is 43.0 Å². The van der Waals surface area contributed by atoms with Gasteiger partial charge in [-0.3, -0.25) is 0 Å². The maximum absolute atomic E-state index is 3.66. The van der Waals surface area contributed by atoms with Crippen LogP contribution in [0, 0.1) is 0 Å². The van der Waals surface area contributed by atoms with Gasteiger partial charge in [-0.25, -0.2) is 0 Å². The van der Waals surface area contributed by atoms with Gasteiger partial charge in [0.25, 0.3) is 0 Å². The lowest BCUT2D eigenvalue weighted by atomic mass is 9.91. The Balaban J connectivity index is 2.22. The van der Waals surface area contributed by atoms with Gasteiger partial charge < -0.3 is 9.88 Å². The zero-order valence-electron chi connectivity index (χ0n) is 12.7. The summed E-state index contributed by atoms with van der Waals surface area (Å²) in [6.45, 7) is 10.1. The van der Waals surface area contributed by atoms with E-state index in [2.05, 4.69) is 62.8 Å². The minimum atomic E-state index is 0.204. The van der Waals surface area contributed by atoms with Crippen molar-refractivity contribution >= 4 is 10.9 Å². The number of hydrogen-bond acceptors (Lipinski definition) is 1. The molecule has 0 aliphatic carbocycles. The molecule has 0 amide bonds. The first-order valence-electron chi connectivity index (χ1n) is 7.24. The first-order valence-corrected chi connectivity index (χ1v) is 7.24. The number of benzene rings is 1. The minimum absolute atomic E-state index is 0.204. The third kappa shape index (κ3) is 1.99. The van der Waals surface area contributed by atoms with E-state index < -0.39 is 0 Å². The summed E-state index contributed by atoms with van der Waals surface area (Å²) in [6, 6.07) is 6.95. The van der Waals surface area contributed by atoms with E-state index in [1.807, 2.05) is 0 Å². The van der Waals surface area contributed by atoms with Gasteiger partial charge >= 0.3 is 0 Å². The molecule has 2 heteroatoms. The van der Waals surface area contributed by atoms with Crippen molar-refractivity contribution in [3.8, 4) is 0 Å². The molecule has 1 aliphatic rings. The van der Waals surface area contributed by atoms with Crippen molar-refractivity contribution in [1.82, 2.24) is 9.88 Å². The Morgan fingerprint density at radius 2 is 2.00 bits per heavy atom. The highest BCUT2D eigenvalue weighted by molar-refractivity contribution is 5.86. The minimum Gasteiger partial charge on any atom is -0.347 e. The lowest BCUT2D eigenvalue weighted by Gasteiger charge is -2.32. The second-order valence-corrected chi connectivity index (χ2v) is 6.83. The zero-order chi connectivity index (χ0) is 13.8. The van der Waals surface area contributed by atoms with E-state index in [1.165, 1.54) is 27.7 Å². The van der Waals surface area contributed by atoms with Gasteiger partial charge in [-0.1, -0.05) is 19.9 Å². The molecule has 1 aromatic carbocycles. The second kappa shape index (κ2) is 4.11. The molecule has 0 saturated heterocycles. The number of hydrogen-bond donors (Lipinski definition) is 1. The number of aryl methyl sites for hydroxylation is 1. The quantitative estimate of drug-likeness (QED) is 0.822. The van der Waals surface area contributed by atoms with E-state index in [0.29, 0.717) is 5.92 Å². The molecule has 2 nitrogen and oxygen atoms in total. The molecular formula is C17H24N2. The van der Waals surface area contributed by atoms with E-state index >= 15 is 0 Å². The van der Waals surface area contributed by atoms with E-state index in [4.69, 9.17) is 0 Å². The molecule has 2 aromatic rings. The van der Waals surface area contributed by atoms with E-state index in [1.54, 1.807) is 0 Å². The van der Waals surface area contributed by atoms with Gasteiger partial charge in [0, 0.05) is 42.1 Å². The van der Waals surface area contributed by atoms with Crippen molar-refractivity contribution in [2.75, 3.05) is 0 Å². The van der Waals surface area contributed by atoms with Crippen molar-refractivity contribution in [3.63, 3.8) is 0 Å². The maximum Gasteiger partial charge on any atom is 0.0483 e. The standard InChI is InChI=1S/C17H24N2/c1-11(2)12-6-7-15-13(8-12)14-10-18-17(3,4)9-16(14)19(15)5/h6-8,11,18H,9-10H2,1-5H3. The van der Waals surface area contributed by atoms with Crippen molar-refractivity contribution in [2.45, 2.75) is 52.1 Å². The molecule has 1 N–H and O–H groups in total. The summed E-state index contributed by atoms with van der Waals surface area (Å²) in [5, 5.41) is 5.09. The van der Waals surface area contributed by atoms with Gasteiger partial charge in [-0.2, -0.15) is 0 Å². The third-order valence-electron chi connectivity index (χ3n) is 4.48. The lowest BCUT2D eigenvalue weighted by Crippen LogP contribution is -2.44. The van der Waals surface area contributed by atoms with Crippen LogP contribution in [0.4, 0.5) is 0 Å². The Bertz CT molecular complexity index is 632. The van der Waals surface area contributed by atoms with Crippen LogP contribution in [-0.4, -0.2) is 10.1 Å². The monoisotopic (exact) mass is 256 g/mol. The van der Waals surface area contributed by atoms with Crippen molar-refractivity contribution in [1.29, 1.82) is 0 Å². The summed E-state index contributed by atoms with van der Waals surface area (Å²) in [5.41, 5.74) is 6.01. The summed E-state index contributed by atoms with van der Waals surface area (Å²) < 4.78 is 2.39. The fourth-order valence-electron chi connectivity index (χ4n) is 3.18. The number of rotatable bonds is 1. The van der Waals surface area contributed by atoms with Crippen LogP contribution in [0.2, 0.25) is 0 Å². The molecule has 102 valence electrons. The van der Waals surface area contributed by atoms with Gasteiger partial charge in [0.1, 0.15) is 0 Å². The van der Waals surface area contributed by atoms with Gasteiger partial charge in [-0.15, -0.1) is 0 Å². The molecule has 19 heavy (non-hydrogen) atoms. The van der Waals surface area contributed by atoms with Crippen molar-refractivity contribution in [3.05, 3.63) is 35.0 Å². The Hall–Kier alpha value is -1.28. The summed E-state index contributed by atoms with van der Waals surface area (Å²) in [7, 11) is 2.21. The largest absolute Gasteiger partial charge is 0.347 e.